The number of halogens is 1. The van der Waals surface area contributed by atoms with E-state index in [-0.39, 0.29) is 10.7 Å². The minimum Gasteiger partial charge on any atom is -0.476 e. The minimum absolute atomic E-state index is 0.127. The fourth-order valence-electron chi connectivity index (χ4n) is 0.425. The normalized spacial score (nSPS) is 9.44. The van der Waals surface area contributed by atoms with E-state index in [4.69, 9.17) is 16.7 Å². The van der Waals surface area contributed by atoms with Crippen molar-refractivity contribution in [1.82, 2.24) is 10.2 Å². The van der Waals surface area contributed by atoms with Crippen LogP contribution < -0.4 is 0 Å². The van der Waals surface area contributed by atoms with Crippen LogP contribution in [0.3, 0.4) is 0 Å². The van der Waals surface area contributed by atoms with Crippen LogP contribution >= 0.6 is 11.6 Å². The van der Waals surface area contributed by atoms with Gasteiger partial charge in [0.05, 0.1) is 5.02 Å². The predicted molar refractivity (Wildman–Crippen MR) is 30.6 cm³/mol. The molecule has 0 aliphatic carbocycles. The molecule has 4 nitrogen and oxygen atoms in total. The van der Waals surface area contributed by atoms with Crippen molar-refractivity contribution in [2.24, 2.45) is 0 Å². The highest BCUT2D eigenvalue weighted by Gasteiger charge is 2.09. The van der Waals surface area contributed by atoms with Gasteiger partial charge in [-0.3, -0.25) is 5.10 Å². The van der Waals surface area contributed by atoms with Crippen molar-refractivity contribution < 1.29 is 9.90 Å². The van der Waals surface area contributed by atoms with E-state index in [1.165, 1.54) is 6.20 Å². The van der Waals surface area contributed by atoms with E-state index in [0.29, 0.717) is 0 Å². The van der Waals surface area contributed by atoms with Crippen LogP contribution in [0.25, 0.3) is 0 Å². The zero-order chi connectivity index (χ0) is 6.85. The molecule has 1 aromatic rings. The SMILES string of the molecule is O=C(O)c1n[nH]cc1Cl. The molecule has 0 aliphatic heterocycles. The Morgan fingerprint density at radius 3 is 2.78 bits per heavy atom. The largest absolute Gasteiger partial charge is 0.476 e. The number of carboxylic acids is 1. The second kappa shape index (κ2) is 2.06. The molecule has 9 heavy (non-hydrogen) atoms. The summed E-state index contributed by atoms with van der Waals surface area (Å²) in [5.74, 6) is -1.12. The summed E-state index contributed by atoms with van der Waals surface area (Å²) in [5, 5.41) is 14.1. The van der Waals surface area contributed by atoms with Crippen LogP contribution in [0.1, 0.15) is 10.5 Å². The molecule has 1 rings (SSSR count). The highest BCUT2D eigenvalue weighted by Crippen LogP contribution is 2.10. The van der Waals surface area contributed by atoms with Crippen LogP contribution in [-0.4, -0.2) is 21.3 Å². The zero-order valence-corrected chi connectivity index (χ0v) is 5.01. The Balaban J connectivity index is 3.08. The summed E-state index contributed by atoms with van der Waals surface area (Å²) in [6, 6.07) is 0. The topological polar surface area (TPSA) is 66.0 Å². The highest BCUT2D eigenvalue weighted by molar-refractivity contribution is 6.33. The standard InChI is InChI=1S/C4H3ClN2O2/c5-2-1-6-7-3(2)4(8)9/h1H,(H,6,7)(H,8,9). The lowest BCUT2D eigenvalue weighted by Crippen LogP contribution is -1.96. The molecular formula is C4H3ClN2O2. The summed E-state index contributed by atoms with van der Waals surface area (Å²) < 4.78 is 0. The van der Waals surface area contributed by atoms with Crippen molar-refractivity contribution in [3.63, 3.8) is 0 Å². The van der Waals surface area contributed by atoms with E-state index in [1.54, 1.807) is 0 Å². The summed E-state index contributed by atoms with van der Waals surface area (Å²) in [6.07, 6.45) is 1.31. The number of aromatic carboxylic acids is 1. The van der Waals surface area contributed by atoms with Crippen molar-refractivity contribution >= 4 is 17.6 Å². The van der Waals surface area contributed by atoms with Crippen LogP contribution in [0, 0.1) is 0 Å². The van der Waals surface area contributed by atoms with Gasteiger partial charge in [0.15, 0.2) is 5.69 Å². The molecule has 0 unspecified atom stereocenters. The first-order valence-electron chi connectivity index (χ1n) is 2.14. The van der Waals surface area contributed by atoms with E-state index in [9.17, 15) is 4.79 Å². The summed E-state index contributed by atoms with van der Waals surface area (Å²) in [4.78, 5) is 10.1. The Morgan fingerprint density at radius 2 is 2.56 bits per heavy atom. The molecular weight excluding hydrogens is 144 g/mol. The molecule has 0 bridgehead atoms. The first kappa shape index (κ1) is 6.10. The zero-order valence-electron chi connectivity index (χ0n) is 4.26. The molecule has 2 N–H and O–H groups in total. The maximum Gasteiger partial charge on any atom is 0.357 e. The molecule has 0 amide bonds. The van der Waals surface area contributed by atoms with Gasteiger partial charge in [0, 0.05) is 6.20 Å². The van der Waals surface area contributed by atoms with E-state index < -0.39 is 5.97 Å². The molecule has 0 aromatic carbocycles. The van der Waals surface area contributed by atoms with Gasteiger partial charge in [0.25, 0.3) is 0 Å². The van der Waals surface area contributed by atoms with Gasteiger partial charge >= 0.3 is 5.97 Å². The van der Waals surface area contributed by atoms with E-state index in [2.05, 4.69) is 10.2 Å². The Hall–Kier alpha value is -1.03. The molecule has 0 radical (unpaired) electrons. The van der Waals surface area contributed by atoms with Gasteiger partial charge in [-0.05, 0) is 0 Å². The van der Waals surface area contributed by atoms with Gasteiger partial charge in [-0.1, -0.05) is 11.6 Å². The smallest absolute Gasteiger partial charge is 0.357 e. The number of H-pyrrole nitrogens is 1. The van der Waals surface area contributed by atoms with E-state index in [0.717, 1.165) is 0 Å². The molecule has 5 heteroatoms. The fraction of sp³-hybridized carbons (Fsp3) is 0. The number of hydrogen-bond donors (Lipinski definition) is 2. The summed E-state index contributed by atoms with van der Waals surface area (Å²) in [5.41, 5.74) is -0.142. The fourth-order valence-corrected chi connectivity index (χ4v) is 0.597. The van der Waals surface area contributed by atoms with Gasteiger partial charge in [0.1, 0.15) is 0 Å². The van der Waals surface area contributed by atoms with Crippen molar-refractivity contribution in [1.29, 1.82) is 0 Å². The van der Waals surface area contributed by atoms with Gasteiger partial charge in [-0.15, -0.1) is 0 Å². The average molecular weight is 147 g/mol. The van der Waals surface area contributed by atoms with Gasteiger partial charge in [0.2, 0.25) is 0 Å². The maximum absolute atomic E-state index is 10.1. The number of aromatic amines is 1. The van der Waals surface area contributed by atoms with Crippen LogP contribution in [-0.2, 0) is 0 Å². The Kier molecular flexibility index (Phi) is 1.40. The third kappa shape index (κ3) is 1.02. The maximum atomic E-state index is 10.1. The van der Waals surface area contributed by atoms with Crippen molar-refractivity contribution in [3.05, 3.63) is 16.9 Å². The molecule has 0 spiro atoms. The highest BCUT2D eigenvalue weighted by atomic mass is 35.5. The Morgan fingerprint density at radius 1 is 1.89 bits per heavy atom. The molecule has 0 fully saturated rings. The molecule has 1 heterocycles. The first-order valence-corrected chi connectivity index (χ1v) is 2.52. The van der Waals surface area contributed by atoms with Crippen molar-refractivity contribution in [2.75, 3.05) is 0 Å². The Bertz CT molecular complexity index is 232. The van der Waals surface area contributed by atoms with Gasteiger partial charge < -0.3 is 5.11 Å². The van der Waals surface area contributed by atoms with Gasteiger partial charge in [-0.2, -0.15) is 5.10 Å². The second-order valence-electron chi connectivity index (χ2n) is 1.39. The van der Waals surface area contributed by atoms with Crippen LogP contribution in [0.5, 0.6) is 0 Å². The average Bonchev–Trinajstić information content (AvgIpc) is 2.13. The molecule has 1 aromatic heterocycles. The molecule has 0 atom stereocenters. The number of nitrogens with one attached hydrogen (secondary N) is 1. The first-order chi connectivity index (χ1) is 4.22. The number of nitrogens with zero attached hydrogens (tertiary/aromatic N) is 1. The second-order valence-corrected chi connectivity index (χ2v) is 1.79. The van der Waals surface area contributed by atoms with Crippen molar-refractivity contribution in [2.45, 2.75) is 0 Å². The number of hydrogen-bond acceptors (Lipinski definition) is 2. The van der Waals surface area contributed by atoms with Crippen LogP contribution in [0.2, 0.25) is 5.02 Å². The predicted octanol–water partition coefficient (Wildman–Crippen LogP) is 0.761. The van der Waals surface area contributed by atoms with E-state index in [1.807, 2.05) is 0 Å². The Labute approximate surface area is 55.5 Å². The summed E-state index contributed by atoms with van der Waals surface area (Å²) >= 11 is 5.36. The molecule has 0 saturated carbocycles. The number of rotatable bonds is 1. The van der Waals surface area contributed by atoms with Crippen LogP contribution in [0.4, 0.5) is 0 Å². The van der Waals surface area contributed by atoms with Crippen molar-refractivity contribution in [3.8, 4) is 0 Å². The lowest BCUT2D eigenvalue weighted by Gasteiger charge is -1.82. The number of carboxylic acid groups (broad SMARTS) is 1. The molecule has 0 aliphatic rings. The third-order valence-electron chi connectivity index (χ3n) is 0.796. The lowest BCUT2D eigenvalue weighted by molar-refractivity contribution is 0.0690. The van der Waals surface area contributed by atoms with E-state index >= 15 is 0 Å². The summed E-state index contributed by atoms with van der Waals surface area (Å²) in [6.45, 7) is 0. The van der Waals surface area contributed by atoms with Gasteiger partial charge in [-0.25, -0.2) is 4.79 Å². The third-order valence-corrected chi connectivity index (χ3v) is 1.08. The number of aromatic nitrogens is 2. The minimum atomic E-state index is -1.12. The monoisotopic (exact) mass is 146 g/mol. The molecule has 48 valence electrons. The quantitative estimate of drug-likeness (QED) is 0.615. The number of carbonyl (C=O) groups is 1. The summed E-state index contributed by atoms with van der Waals surface area (Å²) in [7, 11) is 0. The lowest BCUT2D eigenvalue weighted by atomic mass is 10.4. The van der Waals surface area contributed by atoms with Crippen LogP contribution in [0.15, 0.2) is 6.20 Å². The molecule has 0 saturated heterocycles.